The van der Waals surface area contributed by atoms with Crippen LogP contribution in [0.5, 0.6) is 0 Å². The molecule has 2 heterocycles. The highest BCUT2D eigenvalue weighted by molar-refractivity contribution is 7.16. The van der Waals surface area contributed by atoms with E-state index in [9.17, 15) is 0 Å². The van der Waals surface area contributed by atoms with Gasteiger partial charge in [0.15, 0.2) is 10.8 Å². The molecule has 0 amide bonds. The van der Waals surface area contributed by atoms with Gasteiger partial charge in [0.05, 0.1) is 0 Å². The third-order valence-corrected chi connectivity index (χ3v) is 2.95. The Bertz CT molecular complexity index is 504. The van der Waals surface area contributed by atoms with Crippen LogP contribution in [0.2, 0.25) is 0 Å². The van der Waals surface area contributed by atoms with Crippen molar-refractivity contribution in [3.05, 3.63) is 29.9 Å². The number of nitrogen functional groups attached to an aromatic ring is 1. The van der Waals surface area contributed by atoms with E-state index in [1.807, 2.05) is 6.92 Å². The number of nitrogens with zero attached hydrogens (tertiary/aromatic N) is 3. The van der Waals surface area contributed by atoms with Gasteiger partial charge in [-0.1, -0.05) is 6.58 Å². The Morgan fingerprint density at radius 3 is 2.87 bits per heavy atom. The van der Waals surface area contributed by atoms with Crippen molar-refractivity contribution in [1.29, 1.82) is 0 Å². The fourth-order valence-corrected chi connectivity index (χ4v) is 1.83. The first-order chi connectivity index (χ1) is 7.16. The molecular weight excluding hydrogens is 208 g/mol. The summed E-state index contributed by atoms with van der Waals surface area (Å²) in [5.41, 5.74) is 6.56. The molecule has 0 spiro atoms. The number of hydrogen-bond acceptors (Lipinski definition) is 5. The summed E-state index contributed by atoms with van der Waals surface area (Å²) < 4.78 is 0. The van der Waals surface area contributed by atoms with Crippen LogP contribution in [0.4, 0.5) is 5.82 Å². The molecule has 0 bridgehead atoms. The summed E-state index contributed by atoms with van der Waals surface area (Å²) in [5, 5.41) is 0.764. The molecule has 0 fully saturated rings. The van der Waals surface area contributed by atoms with Crippen molar-refractivity contribution in [2.24, 2.45) is 0 Å². The zero-order valence-electron chi connectivity index (χ0n) is 8.27. The molecule has 2 aromatic heterocycles. The second-order valence-electron chi connectivity index (χ2n) is 3.12. The Morgan fingerprint density at radius 2 is 2.27 bits per heavy atom. The van der Waals surface area contributed by atoms with Crippen molar-refractivity contribution >= 4 is 22.7 Å². The molecule has 0 saturated heterocycles. The van der Waals surface area contributed by atoms with Gasteiger partial charge in [0.2, 0.25) is 0 Å². The van der Waals surface area contributed by atoms with E-state index in [1.165, 1.54) is 11.3 Å². The zero-order chi connectivity index (χ0) is 10.8. The van der Waals surface area contributed by atoms with Crippen LogP contribution in [0.1, 0.15) is 11.8 Å². The molecule has 2 aromatic rings. The Balaban J connectivity index is 2.41. The lowest BCUT2D eigenvalue weighted by Crippen LogP contribution is -1.93. The molecular formula is C10H10N4S. The highest BCUT2D eigenvalue weighted by Gasteiger charge is 2.07. The van der Waals surface area contributed by atoms with Gasteiger partial charge in [-0.15, -0.1) is 11.3 Å². The SMILES string of the molecule is C=C(C)c1cnc(-c2nccc(N)n2)s1. The maximum absolute atomic E-state index is 5.57. The summed E-state index contributed by atoms with van der Waals surface area (Å²) in [4.78, 5) is 13.5. The summed E-state index contributed by atoms with van der Waals surface area (Å²) in [6.07, 6.45) is 3.40. The lowest BCUT2D eigenvalue weighted by Gasteiger charge is -1.95. The summed E-state index contributed by atoms with van der Waals surface area (Å²) in [6.45, 7) is 5.80. The van der Waals surface area contributed by atoms with Crippen molar-refractivity contribution in [2.75, 3.05) is 5.73 Å². The van der Waals surface area contributed by atoms with Gasteiger partial charge in [0, 0.05) is 17.3 Å². The minimum atomic E-state index is 0.451. The standard InChI is InChI=1S/C10H10N4S/c1-6(2)7-5-13-10(15-7)9-12-4-3-8(11)14-9/h3-5H,1H2,2H3,(H2,11,12,14). The minimum Gasteiger partial charge on any atom is -0.384 e. The monoisotopic (exact) mass is 218 g/mol. The van der Waals surface area contributed by atoms with Gasteiger partial charge in [-0.05, 0) is 18.6 Å². The molecule has 2 N–H and O–H groups in total. The predicted molar refractivity (Wildman–Crippen MR) is 62.3 cm³/mol. The Labute approximate surface area is 91.5 Å². The Hall–Kier alpha value is -1.75. The van der Waals surface area contributed by atoms with Gasteiger partial charge >= 0.3 is 0 Å². The molecule has 0 radical (unpaired) electrons. The number of anilines is 1. The fourth-order valence-electron chi connectivity index (χ4n) is 1.05. The number of thiazole rings is 1. The molecule has 5 heteroatoms. The molecule has 0 atom stereocenters. The lowest BCUT2D eigenvalue weighted by atomic mass is 10.3. The summed E-state index contributed by atoms with van der Waals surface area (Å²) in [6, 6.07) is 1.65. The number of aromatic nitrogens is 3. The van der Waals surface area contributed by atoms with Gasteiger partial charge < -0.3 is 5.73 Å². The number of allylic oxidation sites excluding steroid dienone is 1. The molecule has 0 aromatic carbocycles. The van der Waals surface area contributed by atoms with Crippen LogP contribution in [-0.4, -0.2) is 15.0 Å². The van der Waals surface area contributed by atoms with Crippen LogP contribution in [0.15, 0.2) is 25.0 Å². The highest BCUT2D eigenvalue weighted by atomic mass is 32.1. The van der Waals surface area contributed by atoms with Crippen LogP contribution in [0.3, 0.4) is 0 Å². The van der Waals surface area contributed by atoms with Gasteiger partial charge in [-0.2, -0.15) is 0 Å². The first kappa shape index (κ1) is 9.79. The molecule has 15 heavy (non-hydrogen) atoms. The number of rotatable bonds is 2. The molecule has 0 aliphatic carbocycles. The smallest absolute Gasteiger partial charge is 0.190 e. The molecule has 0 unspecified atom stereocenters. The maximum atomic E-state index is 5.57. The summed E-state index contributed by atoms with van der Waals surface area (Å²) >= 11 is 1.51. The average molecular weight is 218 g/mol. The van der Waals surface area contributed by atoms with E-state index >= 15 is 0 Å². The van der Waals surface area contributed by atoms with Crippen LogP contribution < -0.4 is 5.73 Å². The van der Waals surface area contributed by atoms with E-state index in [1.54, 1.807) is 18.5 Å². The van der Waals surface area contributed by atoms with E-state index in [4.69, 9.17) is 5.73 Å². The van der Waals surface area contributed by atoms with E-state index in [-0.39, 0.29) is 0 Å². The third-order valence-electron chi connectivity index (χ3n) is 1.79. The average Bonchev–Trinajstić information content (AvgIpc) is 2.66. The number of nitrogens with two attached hydrogens (primary N) is 1. The van der Waals surface area contributed by atoms with Crippen molar-refractivity contribution in [2.45, 2.75) is 6.92 Å². The first-order valence-electron chi connectivity index (χ1n) is 4.37. The Morgan fingerprint density at radius 1 is 1.47 bits per heavy atom. The van der Waals surface area contributed by atoms with Gasteiger partial charge in [0.1, 0.15) is 5.82 Å². The molecule has 0 aliphatic rings. The summed E-state index contributed by atoms with van der Waals surface area (Å²) in [5.74, 6) is 1.01. The Kier molecular flexibility index (Phi) is 2.47. The van der Waals surface area contributed by atoms with Crippen LogP contribution in [-0.2, 0) is 0 Å². The fraction of sp³-hybridized carbons (Fsp3) is 0.100. The van der Waals surface area contributed by atoms with Crippen LogP contribution >= 0.6 is 11.3 Å². The molecule has 0 aliphatic heterocycles. The largest absolute Gasteiger partial charge is 0.384 e. The van der Waals surface area contributed by atoms with Crippen molar-refractivity contribution in [1.82, 2.24) is 15.0 Å². The van der Waals surface area contributed by atoms with E-state index in [0.717, 1.165) is 15.5 Å². The molecule has 76 valence electrons. The van der Waals surface area contributed by atoms with E-state index in [2.05, 4.69) is 21.5 Å². The lowest BCUT2D eigenvalue weighted by molar-refractivity contribution is 1.17. The quantitative estimate of drug-likeness (QED) is 0.839. The first-order valence-corrected chi connectivity index (χ1v) is 5.19. The normalized spacial score (nSPS) is 10.2. The van der Waals surface area contributed by atoms with Crippen LogP contribution in [0, 0.1) is 0 Å². The van der Waals surface area contributed by atoms with E-state index in [0.29, 0.717) is 11.6 Å². The van der Waals surface area contributed by atoms with Gasteiger partial charge in [-0.3, -0.25) is 0 Å². The second kappa shape index (κ2) is 3.78. The third kappa shape index (κ3) is 2.02. The summed E-state index contributed by atoms with van der Waals surface area (Å²) in [7, 11) is 0. The van der Waals surface area contributed by atoms with Crippen molar-refractivity contribution in [3.63, 3.8) is 0 Å². The highest BCUT2D eigenvalue weighted by Crippen LogP contribution is 2.26. The molecule has 0 saturated carbocycles. The van der Waals surface area contributed by atoms with Crippen molar-refractivity contribution in [3.8, 4) is 10.8 Å². The molecule has 4 nitrogen and oxygen atoms in total. The second-order valence-corrected chi connectivity index (χ2v) is 4.15. The minimum absolute atomic E-state index is 0.451. The topological polar surface area (TPSA) is 64.7 Å². The van der Waals surface area contributed by atoms with Gasteiger partial charge in [-0.25, -0.2) is 15.0 Å². The van der Waals surface area contributed by atoms with Crippen LogP contribution in [0.25, 0.3) is 16.4 Å². The number of hydrogen-bond donors (Lipinski definition) is 1. The zero-order valence-corrected chi connectivity index (χ0v) is 9.08. The molecule has 2 rings (SSSR count). The predicted octanol–water partition coefficient (Wildman–Crippen LogP) is 2.22. The van der Waals surface area contributed by atoms with Gasteiger partial charge in [0.25, 0.3) is 0 Å². The van der Waals surface area contributed by atoms with E-state index < -0.39 is 0 Å². The van der Waals surface area contributed by atoms with Crippen molar-refractivity contribution < 1.29 is 0 Å². The maximum Gasteiger partial charge on any atom is 0.190 e.